The van der Waals surface area contributed by atoms with Crippen molar-refractivity contribution in [2.75, 3.05) is 24.6 Å². The molecule has 0 saturated carbocycles. The van der Waals surface area contributed by atoms with Crippen LogP contribution in [0, 0.1) is 5.82 Å². The molecule has 1 aromatic heterocycles. The summed E-state index contributed by atoms with van der Waals surface area (Å²) >= 11 is 0. The number of fused-ring (bicyclic) bond motifs is 5. The van der Waals surface area contributed by atoms with Crippen LogP contribution in [-0.2, 0) is 15.1 Å². The van der Waals surface area contributed by atoms with Gasteiger partial charge in [-0.15, -0.1) is 0 Å². The number of hydrogen-bond acceptors (Lipinski definition) is 5. The fraction of sp³-hybridized carbons (Fsp3) is 0.346. The van der Waals surface area contributed by atoms with Crippen LogP contribution in [-0.4, -0.2) is 42.5 Å². The largest absolute Gasteiger partial charge is 0.450 e. The second kappa shape index (κ2) is 8.06. The van der Waals surface area contributed by atoms with Crippen LogP contribution in [0.25, 0.3) is 11.0 Å². The molecule has 0 saturated heterocycles. The molecule has 1 atom stereocenters. The maximum atomic E-state index is 14.1. The normalized spacial score (nSPS) is 19.1. The molecule has 3 heterocycles. The maximum Gasteiger partial charge on any atom is 0.291 e. The third kappa shape index (κ3) is 2.94. The molecule has 2 aromatic carbocycles. The fourth-order valence-electron chi connectivity index (χ4n) is 5.12. The predicted molar refractivity (Wildman–Crippen MR) is 124 cm³/mol. The molecule has 3 aromatic rings. The van der Waals surface area contributed by atoms with Gasteiger partial charge >= 0.3 is 0 Å². The van der Waals surface area contributed by atoms with Crippen LogP contribution >= 0.6 is 0 Å². The second-order valence-corrected chi connectivity index (χ2v) is 8.78. The lowest BCUT2D eigenvalue weighted by atomic mass is 9.84. The summed E-state index contributed by atoms with van der Waals surface area (Å²) in [7, 11) is 0. The molecule has 8 heteroatoms. The molecule has 176 valence electrons. The van der Waals surface area contributed by atoms with Gasteiger partial charge in [-0.1, -0.05) is 18.2 Å². The average Bonchev–Trinajstić information content (AvgIpc) is 3.21. The lowest BCUT2D eigenvalue weighted by Gasteiger charge is -2.34. The summed E-state index contributed by atoms with van der Waals surface area (Å²) in [5.41, 5.74) is -1.01. The Morgan fingerprint density at radius 2 is 1.88 bits per heavy atom. The molecule has 0 aliphatic carbocycles. The summed E-state index contributed by atoms with van der Waals surface area (Å²) in [4.78, 5) is 44.6. The summed E-state index contributed by atoms with van der Waals surface area (Å²) in [5.74, 6) is -1.70. The third-order valence-electron chi connectivity index (χ3n) is 6.49. The number of likely N-dealkylation sites (N-methyl/N-ethyl adjacent to an activating group) is 1. The van der Waals surface area contributed by atoms with Crippen LogP contribution in [0.5, 0.6) is 0 Å². The number of carbonyl (C=O) groups is 2. The summed E-state index contributed by atoms with van der Waals surface area (Å²) in [6.07, 6.45) is 0.483. The van der Waals surface area contributed by atoms with Crippen LogP contribution in [0.4, 0.5) is 10.1 Å². The molecule has 2 aliphatic rings. The quantitative estimate of drug-likeness (QED) is 0.519. The number of anilines is 1. The highest BCUT2D eigenvalue weighted by Crippen LogP contribution is 2.52. The minimum atomic E-state index is -1.67. The van der Waals surface area contributed by atoms with Crippen molar-refractivity contribution in [3.05, 3.63) is 75.4 Å². The topological polar surface area (TPSA) is 80.1 Å². The highest BCUT2D eigenvalue weighted by atomic mass is 19.1. The van der Waals surface area contributed by atoms with E-state index in [1.54, 1.807) is 23.1 Å². The number of amides is 2. The van der Waals surface area contributed by atoms with Crippen molar-refractivity contribution in [2.45, 2.75) is 38.8 Å². The van der Waals surface area contributed by atoms with E-state index in [2.05, 4.69) is 0 Å². The highest BCUT2D eigenvalue weighted by molar-refractivity contribution is 6.17. The standard InChI is InChI=1S/C26H25FN2O5/c1-4-28-19-9-6-5-8-18(19)26(25(28)32)21-22(30)17-14-16(27)10-11-20(17)34-23(21)24(31)29(26)12-7-13-33-15(2)3/h5-6,8-11,14-15H,4,7,12-13H2,1-3H3/t26-/m1/s1. The van der Waals surface area contributed by atoms with Gasteiger partial charge in [-0.3, -0.25) is 14.4 Å². The molecular formula is C26H25FN2O5. The van der Waals surface area contributed by atoms with Crippen LogP contribution in [0.15, 0.2) is 51.7 Å². The van der Waals surface area contributed by atoms with Gasteiger partial charge in [0.15, 0.2) is 11.0 Å². The first-order chi connectivity index (χ1) is 16.3. The molecule has 0 unspecified atom stereocenters. The molecule has 2 amide bonds. The summed E-state index contributed by atoms with van der Waals surface area (Å²) in [6.45, 7) is 6.60. The van der Waals surface area contributed by atoms with Crippen molar-refractivity contribution >= 4 is 28.5 Å². The van der Waals surface area contributed by atoms with Crippen molar-refractivity contribution in [1.82, 2.24) is 4.90 Å². The van der Waals surface area contributed by atoms with Crippen molar-refractivity contribution in [2.24, 2.45) is 0 Å². The van der Waals surface area contributed by atoms with Gasteiger partial charge < -0.3 is 19.0 Å². The second-order valence-electron chi connectivity index (χ2n) is 8.78. The molecule has 2 aliphatic heterocycles. The Hall–Kier alpha value is -3.52. The number of halogens is 1. The summed E-state index contributed by atoms with van der Waals surface area (Å²) < 4.78 is 25.6. The van der Waals surface area contributed by atoms with E-state index in [9.17, 15) is 18.8 Å². The molecule has 0 fully saturated rings. The molecule has 0 N–H and O–H groups in total. The zero-order valence-electron chi connectivity index (χ0n) is 19.3. The van der Waals surface area contributed by atoms with E-state index in [-0.39, 0.29) is 34.9 Å². The summed E-state index contributed by atoms with van der Waals surface area (Å²) in [6, 6.07) is 10.7. The van der Waals surface area contributed by atoms with E-state index in [0.29, 0.717) is 30.8 Å². The molecule has 7 nitrogen and oxygen atoms in total. The highest BCUT2D eigenvalue weighted by Gasteiger charge is 2.64. The smallest absolute Gasteiger partial charge is 0.291 e. The minimum Gasteiger partial charge on any atom is -0.450 e. The SMILES string of the molecule is CCN1C(=O)[C@@]2(c3ccccc31)c1c(oc3ccc(F)cc3c1=O)C(=O)N2CCCOC(C)C. The molecule has 5 rings (SSSR count). The first-order valence-corrected chi connectivity index (χ1v) is 11.4. The monoisotopic (exact) mass is 464 g/mol. The van der Waals surface area contributed by atoms with Crippen molar-refractivity contribution in [1.29, 1.82) is 0 Å². The Bertz CT molecular complexity index is 1380. The predicted octanol–water partition coefficient (Wildman–Crippen LogP) is 3.81. The van der Waals surface area contributed by atoms with Gasteiger partial charge in [0, 0.05) is 25.3 Å². The van der Waals surface area contributed by atoms with Crippen LogP contribution in [0.1, 0.15) is 48.9 Å². The van der Waals surface area contributed by atoms with E-state index in [4.69, 9.17) is 9.15 Å². The van der Waals surface area contributed by atoms with E-state index in [1.807, 2.05) is 26.8 Å². The van der Waals surface area contributed by atoms with Gasteiger partial charge in [0.1, 0.15) is 11.4 Å². The van der Waals surface area contributed by atoms with Crippen LogP contribution in [0.2, 0.25) is 0 Å². The summed E-state index contributed by atoms with van der Waals surface area (Å²) in [5, 5.41) is -0.00357. The van der Waals surface area contributed by atoms with Gasteiger partial charge in [0.25, 0.3) is 11.8 Å². The fourth-order valence-corrected chi connectivity index (χ4v) is 5.12. The number of ether oxygens (including phenoxy) is 1. The first kappa shape index (κ1) is 22.3. The molecule has 34 heavy (non-hydrogen) atoms. The number of nitrogens with zero attached hydrogens (tertiary/aromatic N) is 2. The van der Waals surface area contributed by atoms with Crippen molar-refractivity contribution in [3.63, 3.8) is 0 Å². The molecular weight excluding hydrogens is 439 g/mol. The van der Waals surface area contributed by atoms with Crippen LogP contribution in [0.3, 0.4) is 0 Å². The van der Waals surface area contributed by atoms with Gasteiger partial charge in [-0.25, -0.2) is 4.39 Å². The number of para-hydroxylation sites is 1. The van der Waals surface area contributed by atoms with E-state index in [0.717, 1.165) is 6.07 Å². The Labute approximate surface area is 195 Å². The maximum absolute atomic E-state index is 14.1. The Balaban J connectivity index is 1.78. The third-order valence-corrected chi connectivity index (χ3v) is 6.49. The van der Waals surface area contributed by atoms with E-state index < -0.39 is 28.6 Å². The molecule has 0 radical (unpaired) electrons. The number of hydrogen-bond donors (Lipinski definition) is 0. The van der Waals surface area contributed by atoms with Crippen molar-refractivity contribution < 1.29 is 23.1 Å². The van der Waals surface area contributed by atoms with Crippen molar-refractivity contribution in [3.8, 4) is 0 Å². The Morgan fingerprint density at radius 3 is 2.62 bits per heavy atom. The van der Waals surface area contributed by atoms with Crippen LogP contribution < -0.4 is 10.3 Å². The zero-order valence-corrected chi connectivity index (χ0v) is 19.3. The van der Waals surface area contributed by atoms with Gasteiger partial charge in [0.2, 0.25) is 5.76 Å². The van der Waals surface area contributed by atoms with E-state index >= 15 is 0 Å². The van der Waals surface area contributed by atoms with Gasteiger partial charge in [-0.05, 0) is 51.5 Å². The number of carbonyl (C=O) groups excluding carboxylic acids is 2. The molecule has 1 spiro atoms. The molecule has 0 bridgehead atoms. The average molecular weight is 464 g/mol. The minimum absolute atomic E-state index is 0.00357. The lowest BCUT2D eigenvalue weighted by molar-refractivity contribution is -0.126. The lowest BCUT2D eigenvalue weighted by Crippen LogP contribution is -2.53. The Kier molecular flexibility index (Phi) is 5.28. The number of benzene rings is 2. The van der Waals surface area contributed by atoms with Gasteiger partial charge in [-0.2, -0.15) is 0 Å². The van der Waals surface area contributed by atoms with Gasteiger partial charge in [0.05, 0.1) is 22.7 Å². The first-order valence-electron chi connectivity index (χ1n) is 11.4. The number of rotatable bonds is 6. The zero-order chi connectivity index (χ0) is 24.2. The van der Waals surface area contributed by atoms with E-state index in [1.165, 1.54) is 17.0 Å². The Morgan fingerprint density at radius 1 is 1.12 bits per heavy atom.